The first-order valence-electron chi connectivity index (χ1n) is 7.59. The zero-order valence-corrected chi connectivity index (χ0v) is 14.4. The molecule has 0 radical (unpaired) electrons. The Morgan fingerprint density at radius 3 is 2.43 bits per heavy atom. The van der Waals surface area contributed by atoms with Gasteiger partial charge in [0.2, 0.25) is 0 Å². The minimum atomic E-state index is -0.408. The number of rotatable bonds is 4. The largest absolute Gasteiger partial charge is 0.333 e. The summed E-state index contributed by atoms with van der Waals surface area (Å²) in [6, 6.07) is 1.00. The van der Waals surface area contributed by atoms with Gasteiger partial charge in [-0.3, -0.25) is 4.79 Å². The van der Waals surface area contributed by atoms with E-state index in [2.05, 4.69) is 4.98 Å². The van der Waals surface area contributed by atoms with Crippen molar-refractivity contribution in [2.24, 2.45) is 0 Å². The Bertz CT molecular complexity index is 616. The van der Waals surface area contributed by atoms with Gasteiger partial charge in [-0.25, -0.2) is 14.7 Å². The summed E-state index contributed by atoms with van der Waals surface area (Å²) in [5.74, 6) is 0.194. The van der Waals surface area contributed by atoms with Crippen molar-refractivity contribution in [1.82, 2.24) is 9.88 Å². The number of hydrogen-bond donors (Lipinski definition) is 0. The topological polar surface area (TPSA) is 53.5 Å². The van der Waals surface area contributed by atoms with E-state index in [0.29, 0.717) is 23.0 Å². The molecule has 1 aromatic heterocycles. The van der Waals surface area contributed by atoms with Gasteiger partial charge in [-0.1, -0.05) is 32.4 Å². The summed E-state index contributed by atoms with van der Waals surface area (Å²) in [6.45, 7) is 9.42. The Hall–Kier alpha value is -1.62. The van der Waals surface area contributed by atoms with Crippen LogP contribution in [0.5, 0.6) is 0 Å². The number of amides is 3. The monoisotopic (exact) mass is 339 g/mol. The van der Waals surface area contributed by atoms with Crippen molar-refractivity contribution in [1.29, 1.82) is 0 Å². The van der Waals surface area contributed by atoms with Crippen LogP contribution in [0.4, 0.5) is 10.6 Å². The van der Waals surface area contributed by atoms with Gasteiger partial charge in [-0.2, -0.15) is 0 Å². The molecule has 1 atom stereocenters. The van der Waals surface area contributed by atoms with Gasteiger partial charge in [0.15, 0.2) is 0 Å². The third kappa shape index (κ3) is 3.34. The quantitative estimate of drug-likeness (QED) is 0.767. The zero-order valence-electron chi connectivity index (χ0n) is 13.7. The van der Waals surface area contributed by atoms with E-state index in [4.69, 9.17) is 11.6 Å². The highest BCUT2D eigenvalue weighted by Crippen LogP contribution is 2.31. The maximum Gasteiger partial charge on any atom is 0.333 e. The molecule has 1 aromatic rings. The van der Waals surface area contributed by atoms with Gasteiger partial charge in [0.25, 0.3) is 5.91 Å². The average Bonchev–Trinajstić information content (AvgIpc) is 2.66. The number of aromatic nitrogens is 1. The maximum absolute atomic E-state index is 12.8. The number of imide groups is 1. The number of aryl methyl sites for hydroxylation is 2. The molecule has 2 rings (SSSR count). The smallest absolute Gasteiger partial charge is 0.309 e. The van der Waals surface area contributed by atoms with Gasteiger partial charge >= 0.3 is 6.03 Å². The number of urea groups is 1. The van der Waals surface area contributed by atoms with E-state index in [0.717, 1.165) is 12.0 Å². The van der Waals surface area contributed by atoms with E-state index in [9.17, 15) is 9.59 Å². The second-order valence-electron chi connectivity index (χ2n) is 5.96. The van der Waals surface area contributed by atoms with Crippen molar-refractivity contribution in [2.75, 3.05) is 4.90 Å². The van der Waals surface area contributed by atoms with Crippen LogP contribution < -0.4 is 4.90 Å². The summed E-state index contributed by atoms with van der Waals surface area (Å²) in [5, 5.41) is 0.533. The second kappa shape index (κ2) is 7.30. The van der Waals surface area contributed by atoms with Gasteiger partial charge < -0.3 is 4.90 Å². The van der Waals surface area contributed by atoms with Crippen molar-refractivity contribution in [3.63, 3.8) is 0 Å². The normalized spacial score (nSPS) is 18.0. The molecule has 0 N–H and O–H groups in total. The molecule has 3 amide bonds. The molecule has 1 fully saturated rings. The first-order chi connectivity index (χ1) is 10.3. The Labute approximate surface area is 143 Å². The van der Waals surface area contributed by atoms with Gasteiger partial charge in [0.05, 0.1) is 10.7 Å². The van der Waals surface area contributed by atoms with Crippen molar-refractivity contribution >= 4 is 29.4 Å². The van der Waals surface area contributed by atoms with E-state index < -0.39 is 6.04 Å². The number of carbonyl (C=O) groups excluding carboxylic acids is 2. The number of carbonyl (C=O) groups is 2. The minimum Gasteiger partial charge on any atom is -0.309 e. The summed E-state index contributed by atoms with van der Waals surface area (Å²) in [7, 11) is 0. The van der Waals surface area contributed by atoms with Crippen molar-refractivity contribution in [3.05, 3.63) is 22.3 Å². The lowest BCUT2D eigenvalue weighted by molar-refractivity contribution is -0.120. The molecule has 0 spiro atoms. The lowest BCUT2D eigenvalue weighted by atomic mass is 10.1. The van der Waals surface area contributed by atoms with Crippen molar-refractivity contribution in [2.45, 2.75) is 67.0 Å². The molecule has 6 heteroatoms. The van der Waals surface area contributed by atoms with Crippen LogP contribution >= 0.6 is 11.6 Å². The second-order valence-corrected chi connectivity index (χ2v) is 6.37. The number of pyridine rings is 1. The van der Waals surface area contributed by atoms with E-state index in [1.54, 1.807) is 24.8 Å². The standard InChI is InChI=1S/C16H22ClN3O2.CH4/c1-6-7-13-15(21)20(16(22)19(13)9(2)3)14-10(4)8-12(17)11(5)18-14;/h8-9,13H,6-7H2,1-5H3;1H4. The first-order valence-corrected chi connectivity index (χ1v) is 7.97. The van der Waals surface area contributed by atoms with Crippen LogP contribution in [0, 0.1) is 13.8 Å². The van der Waals surface area contributed by atoms with Gasteiger partial charge in [0.1, 0.15) is 11.9 Å². The van der Waals surface area contributed by atoms with E-state index in [-0.39, 0.29) is 25.4 Å². The highest BCUT2D eigenvalue weighted by Gasteiger charge is 2.47. The predicted octanol–water partition coefficient (Wildman–Crippen LogP) is 4.33. The molecular weight excluding hydrogens is 314 g/mol. The Balaban J connectivity index is 0.00000264. The van der Waals surface area contributed by atoms with Gasteiger partial charge in [0, 0.05) is 6.04 Å². The van der Waals surface area contributed by atoms with Gasteiger partial charge in [-0.05, 0) is 45.7 Å². The van der Waals surface area contributed by atoms with Crippen LogP contribution in [0.3, 0.4) is 0 Å². The molecule has 23 heavy (non-hydrogen) atoms. The van der Waals surface area contributed by atoms with E-state index >= 15 is 0 Å². The SMILES string of the molecule is C.CCCC1C(=O)N(c2nc(C)c(Cl)cc2C)C(=O)N1C(C)C. The average molecular weight is 340 g/mol. The number of anilines is 1. The molecule has 0 saturated carbocycles. The zero-order chi connectivity index (χ0) is 16.6. The van der Waals surface area contributed by atoms with Crippen LogP contribution in [-0.2, 0) is 4.79 Å². The Morgan fingerprint density at radius 2 is 1.91 bits per heavy atom. The molecule has 1 saturated heterocycles. The van der Waals surface area contributed by atoms with Gasteiger partial charge in [-0.15, -0.1) is 0 Å². The molecule has 0 aromatic carbocycles. The maximum atomic E-state index is 12.8. The predicted molar refractivity (Wildman–Crippen MR) is 94.0 cm³/mol. The molecule has 0 aliphatic carbocycles. The lowest BCUT2D eigenvalue weighted by Crippen LogP contribution is -2.40. The van der Waals surface area contributed by atoms with Crippen LogP contribution in [0.1, 0.15) is 52.3 Å². The molecule has 128 valence electrons. The molecular formula is C17H26ClN3O2. The van der Waals surface area contributed by atoms with E-state index in [1.807, 2.05) is 20.8 Å². The Morgan fingerprint density at radius 1 is 1.30 bits per heavy atom. The number of nitrogens with zero attached hydrogens (tertiary/aromatic N) is 3. The lowest BCUT2D eigenvalue weighted by Gasteiger charge is -2.25. The van der Waals surface area contributed by atoms with Crippen LogP contribution in [0.15, 0.2) is 6.07 Å². The highest BCUT2D eigenvalue weighted by atomic mass is 35.5. The Kier molecular flexibility index (Phi) is 6.17. The molecule has 1 aliphatic rings. The van der Waals surface area contributed by atoms with Crippen LogP contribution in [-0.4, -0.2) is 33.9 Å². The fraction of sp³-hybridized carbons (Fsp3) is 0.588. The van der Waals surface area contributed by atoms with Crippen LogP contribution in [0.25, 0.3) is 0 Å². The first kappa shape index (κ1) is 19.4. The summed E-state index contributed by atoms with van der Waals surface area (Å²) in [6.07, 6.45) is 1.50. The third-order valence-electron chi connectivity index (χ3n) is 3.90. The summed E-state index contributed by atoms with van der Waals surface area (Å²) in [5.41, 5.74) is 1.33. The molecule has 5 nitrogen and oxygen atoms in total. The van der Waals surface area contributed by atoms with Crippen molar-refractivity contribution in [3.8, 4) is 0 Å². The number of halogens is 1. The molecule has 2 heterocycles. The summed E-state index contributed by atoms with van der Waals surface area (Å²) in [4.78, 5) is 32.7. The minimum absolute atomic E-state index is 0. The van der Waals surface area contributed by atoms with Crippen LogP contribution in [0.2, 0.25) is 5.02 Å². The third-order valence-corrected chi connectivity index (χ3v) is 4.28. The highest BCUT2D eigenvalue weighted by molar-refractivity contribution is 6.31. The fourth-order valence-corrected chi connectivity index (χ4v) is 3.01. The van der Waals surface area contributed by atoms with E-state index in [1.165, 1.54) is 4.90 Å². The summed E-state index contributed by atoms with van der Waals surface area (Å²) >= 11 is 6.06. The molecule has 1 aliphatic heterocycles. The summed E-state index contributed by atoms with van der Waals surface area (Å²) < 4.78 is 0. The fourth-order valence-electron chi connectivity index (χ4n) is 2.81. The van der Waals surface area contributed by atoms with Crippen molar-refractivity contribution < 1.29 is 9.59 Å². The molecule has 1 unspecified atom stereocenters. The molecule has 0 bridgehead atoms. The number of hydrogen-bond acceptors (Lipinski definition) is 3.